The second-order valence-corrected chi connectivity index (χ2v) is 7.10. The molecule has 4 atom stereocenters. The molecular formula is C16H30N4O6S. The predicted octanol–water partition coefficient (Wildman–Crippen LogP) is -1.72. The number of hydrogen-bond donors (Lipinski definition) is 6. The molecule has 0 heterocycles. The van der Waals surface area contributed by atoms with Crippen LogP contribution >= 0.6 is 11.8 Å². The van der Waals surface area contributed by atoms with Crippen LogP contribution in [-0.2, 0) is 19.2 Å². The number of nitrogens with one attached hydrogen (secondary N) is 3. The maximum Gasteiger partial charge on any atom is 0.328 e. The second-order valence-electron chi connectivity index (χ2n) is 6.11. The van der Waals surface area contributed by atoms with Gasteiger partial charge in [0.1, 0.15) is 12.1 Å². The first-order valence-corrected chi connectivity index (χ1v) is 10.0. The Balaban J connectivity index is 4.74. The number of thioether (sulfide) groups is 1. The average Bonchev–Trinajstić information content (AvgIpc) is 2.65. The van der Waals surface area contributed by atoms with Gasteiger partial charge in [-0.05, 0) is 24.3 Å². The van der Waals surface area contributed by atoms with Crippen molar-refractivity contribution in [3.05, 3.63) is 0 Å². The molecule has 0 spiro atoms. The zero-order valence-corrected chi connectivity index (χ0v) is 16.7. The van der Waals surface area contributed by atoms with E-state index in [1.807, 2.05) is 20.1 Å². The fourth-order valence-corrected chi connectivity index (χ4v) is 2.48. The van der Waals surface area contributed by atoms with E-state index in [-0.39, 0.29) is 18.9 Å². The van der Waals surface area contributed by atoms with E-state index >= 15 is 0 Å². The summed E-state index contributed by atoms with van der Waals surface area (Å²) in [6, 6.07) is -3.18. The molecule has 0 rings (SSSR count). The zero-order chi connectivity index (χ0) is 21.0. The highest BCUT2D eigenvalue weighted by atomic mass is 32.2. The van der Waals surface area contributed by atoms with Crippen LogP contribution in [0.25, 0.3) is 0 Å². The Hall–Kier alpha value is -1.85. The van der Waals surface area contributed by atoms with E-state index in [2.05, 4.69) is 16.0 Å². The number of nitrogens with two attached hydrogens (primary N) is 1. The van der Waals surface area contributed by atoms with Crippen LogP contribution in [0.1, 0.15) is 26.7 Å². The molecule has 11 heteroatoms. The molecule has 0 saturated heterocycles. The minimum Gasteiger partial charge on any atom is -0.480 e. The standard InChI is InChI=1S/C16H30N4O6S/c1-4-9(2)13(17)15(24)18-7-12(22)19-10(5-6-27-3)14(23)20-11(8-21)16(25)26/h9-11,13,21H,4-8,17H2,1-3H3,(H,18,24)(H,19,22)(H,20,23)(H,25,26). The summed E-state index contributed by atoms with van der Waals surface area (Å²) in [5, 5.41) is 25.0. The van der Waals surface area contributed by atoms with Gasteiger partial charge in [0.25, 0.3) is 0 Å². The van der Waals surface area contributed by atoms with Crippen LogP contribution in [0.4, 0.5) is 0 Å². The average molecular weight is 407 g/mol. The Morgan fingerprint density at radius 1 is 1.11 bits per heavy atom. The first-order valence-electron chi connectivity index (χ1n) is 8.63. The summed E-state index contributed by atoms with van der Waals surface area (Å²) in [4.78, 5) is 47.1. The van der Waals surface area contributed by atoms with E-state index in [1.54, 1.807) is 0 Å². The Kier molecular flexibility index (Phi) is 12.4. The van der Waals surface area contributed by atoms with Crippen LogP contribution in [0.2, 0.25) is 0 Å². The quantitative estimate of drug-likeness (QED) is 0.210. The molecular weight excluding hydrogens is 376 g/mol. The lowest BCUT2D eigenvalue weighted by atomic mass is 9.99. The number of carboxylic acids is 1. The Labute approximate surface area is 163 Å². The van der Waals surface area contributed by atoms with Crippen molar-refractivity contribution in [2.75, 3.05) is 25.2 Å². The molecule has 156 valence electrons. The van der Waals surface area contributed by atoms with Gasteiger partial charge in [0.2, 0.25) is 17.7 Å². The van der Waals surface area contributed by atoms with Gasteiger partial charge in [-0.15, -0.1) is 0 Å². The second kappa shape index (κ2) is 13.3. The normalized spacial score (nSPS) is 15.1. The lowest BCUT2D eigenvalue weighted by Gasteiger charge is -2.21. The number of amides is 3. The third-order valence-corrected chi connectivity index (χ3v) is 4.69. The summed E-state index contributed by atoms with van der Waals surface area (Å²) in [5.41, 5.74) is 5.78. The fourth-order valence-electron chi connectivity index (χ4n) is 2.01. The van der Waals surface area contributed by atoms with Gasteiger partial charge in [-0.1, -0.05) is 20.3 Å². The summed E-state index contributed by atoms with van der Waals surface area (Å²) in [7, 11) is 0. The Bertz CT molecular complexity index is 519. The number of carboxylic acid groups (broad SMARTS) is 1. The van der Waals surface area contributed by atoms with E-state index < -0.39 is 48.4 Å². The minimum absolute atomic E-state index is 0.0420. The van der Waals surface area contributed by atoms with Gasteiger partial charge < -0.3 is 31.9 Å². The van der Waals surface area contributed by atoms with Gasteiger partial charge >= 0.3 is 5.97 Å². The number of carbonyl (C=O) groups is 4. The third-order valence-electron chi connectivity index (χ3n) is 4.04. The molecule has 7 N–H and O–H groups in total. The SMILES string of the molecule is CCC(C)C(N)C(=O)NCC(=O)NC(CCSC)C(=O)NC(CO)C(=O)O. The smallest absolute Gasteiger partial charge is 0.328 e. The minimum atomic E-state index is -1.46. The molecule has 0 aromatic rings. The zero-order valence-electron chi connectivity index (χ0n) is 15.9. The molecule has 0 saturated carbocycles. The number of hydrogen-bond acceptors (Lipinski definition) is 7. The monoisotopic (exact) mass is 406 g/mol. The first-order chi connectivity index (χ1) is 12.7. The van der Waals surface area contributed by atoms with E-state index in [0.717, 1.165) is 0 Å². The highest BCUT2D eigenvalue weighted by molar-refractivity contribution is 7.98. The summed E-state index contributed by atoms with van der Waals surface area (Å²) < 4.78 is 0. The number of carbonyl (C=O) groups excluding carboxylic acids is 3. The van der Waals surface area contributed by atoms with Gasteiger partial charge in [0.15, 0.2) is 0 Å². The molecule has 27 heavy (non-hydrogen) atoms. The lowest BCUT2D eigenvalue weighted by Crippen LogP contribution is -2.54. The van der Waals surface area contributed by atoms with Gasteiger partial charge in [0, 0.05) is 0 Å². The highest BCUT2D eigenvalue weighted by Gasteiger charge is 2.26. The third kappa shape index (κ3) is 9.59. The number of aliphatic hydroxyl groups excluding tert-OH is 1. The van der Waals surface area contributed by atoms with Crippen molar-refractivity contribution in [2.45, 2.75) is 44.8 Å². The Morgan fingerprint density at radius 2 is 1.74 bits per heavy atom. The molecule has 0 bridgehead atoms. The van der Waals surface area contributed by atoms with Crippen LogP contribution in [0.3, 0.4) is 0 Å². The number of aliphatic carboxylic acids is 1. The summed E-state index contributed by atoms with van der Waals surface area (Å²) in [6.07, 6.45) is 2.80. The van der Waals surface area contributed by atoms with Crippen molar-refractivity contribution in [1.82, 2.24) is 16.0 Å². The van der Waals surface area contributed by atoms with E-state index in [9.17, 15) is 19.2 Å². The van der Waals surface area contributed by atoms with Crippen molar-refractivity contribution in [3.63, 3.8) is 0 Å². The molecule has 0 aliphatic carbocycles. The maximum absolute atomic E-state index is 12.2. The van der Waals surface area contributed by atoms with Crippen LogP contribution in [0.5, 0.6) is 0 Å². The van der Waals surface area contributed by atoms with Crippen LogP contribution < -0.4 is 21.7 Å². The number of aliphatic hydroxyl groups is 1. The topological polar surface area (TPSA) is 171 Å². The van der Waals surface area contributed by atoms with E-state index in [0.29, 0.717) is 12.2 Å². The van der Waals surface area contributed by atoms with Gasteiger partial charge in [-0.2, -0.15) is 11.8 Å². The van der Waals surface area contributed by atoms with Crippen LogP contribution in [-0.4, -0.2) is 77.2 Å². The van der Waals surface area contributed by atoms with Gasteiger partial charge in [0.05, 0.1) is 19.2 Å². The molecule has 0 aromatic heterocycles. The summed E-state index contributed by atoms with van der Waals surface area (Å²) in [5.74, 6) is -2.67. The van der Waals surface area contributed by atoms with Crippen molar-refractivity contribution < 1.29 is 29.4 Å². The van der Waals surface area contributed by atoms with Gasteiger partial charge in [-0.3, -0.25) is 14.4 Å². The largest absolute Gasteiger partial charge is 0.480 e. The predicted molar refractivity (Wildman–Crippen MR) is 102 cm³/mol. The molecule has 4 unspecified atom stereocenters. The lowest BCUT2D eigenvalue weighted by molar-refractivity contribution is -0.143. The summed E-state index contributed by atoms with van der Waals surface area (Å²) in [6.45, 7) is 2.60. The van der Waals surface area contributed by atoms with Crippen molar-refractivity contribution >= 4 is 35.5 Å². The first kappa shape index (κ1) is 25.1. The van der Waals surface area contributed by atoms with Crippen molar-refractivity contribution in [2.24, 2.45) is 11.7 Å². The summed E-state index contributed by atoms with van der Waals surface area (Å²) >= 11 is 1.45. The molecule has 3 amide bonds. The van der Waals surface area contributed by atoms with E-state index in [1.165, 1.54) is 11.8 Å². The van der Waals surface area contributed by atoms with E-state index in [4.69, 9.17) is 15.9 Å². The molecule has 0 radical (unpaired) electrons. The maximum atomic E-state index is 12.2. The van der Waals surface area contributed by atoms with Crippen molar-refractivity contribution in [1.29, 1.82) is 0 Å². The molecule has 0 fully saturated rings. The van der Waals surface area contributed by atoms with Gasteiger partial charge in [-0.25, -0.2) is 4.79 Å². The van der Waals surface area contributed by atoms with Crippen LogP contribution in [0.15, 0.2) is 0 Å². The van der Waals surface area contributed by atoms with Crippen molar-refractivity contribution in [3.8, 4) is 0 Å². The molecule has 0 aromatic carbocycles. The number of rotatable bonds is 13. The fraction of sp³-hybridized carbons (Fsp3) is 0.750. The Morgan fingerprint density at radius 3 is 2.22 bits per heavy atom. The molecule has 0 aliphatic heterocycles. The molecule has 0 aliphatic rings. The highest BCUT2D eigenvalue weighted by Crippen LogP contribution is 2.05. The molecule has 10 nitrogen and oxygen atoms in total. The van der Waals surface area contributed by atoms with Crippen LogP contribution in [0, 0.1) is 5.92 Å².